The fourth-order valence-electron chi connectivity index (χ4n) is 1.35. The van der Waals surface area contributed by atoms with Crippen molar-refractivity contribution in [1.29, 1.82) is 0 Å². The highest BCUT2D eigenvalue weighted by molar-refractivity contribution is 7.90. The van der Waals surface area contributed by atoms with Crippen molar-refractivity contribution in [2.45, 2.75) is 19.1 Å². The van der Waals surface area contributed by atoms with Crippen LogP contribution in [0.3, 0.4) is 0 Å². The van der Waals surface area contributed by atoms with Crippen molar-refractivity contribution in [3.8, 4) is 0 Å². The van der Waals surface area contributed by atoms with Gasteiger partial charge in [-0.05, 0) is 0 Å². The Morgan fingerprint density at radius 2 is 2.25 bits per heavy atom. The monoisotopic (exact) mass is 187 g/mol. The molecule has 0 aliphatic carbocycles. The van der Waals surface area contributed by atoms with E-state index in [1.807, 2.05) is 0 Å². The average Bonchev–Trinajstić information content (AvgIpc) is 2.26. The van der Waals surface area contributed by atoms with E-state index in [4.69, 9.17) is 4.42 Å². The molecule has 0 amide bonds. The second-order valence-corrected chi connectivity index (χ2v) is 5.13. The summed E-state index contributed by atoms with van der Waals surface area (Å²) in [4.78, 5) is 4.00. The Bertz CT molecular complexity index is 404. The van der Waals surface area contributed by atoms with Crippen LogP contribution in [-0.2, 0) is 22.0 Å². The number of fused-ring (bicyclic) bond motifs is 1. The zero-order chi connectivity index (χ0) is 8.77. The molecule has 0 fully saturated rings. The summed E-state index contributed by atoms with van der Waals surface area (Å²) >= 11 is 0. The van der Waals surface area contributed by atoms with Gasteiger partial charge in [-0.3, -0.25) is 0 Å². The number of rotatable bonds is 0. The van der Waals surface area contributed by atoms with Crippen LogP contribution in [0.1, 0.15) is 17.3 Å². The minimum absolute atomic E-state index is 0.0413. The number of hydrogen-bond acceptors (Lipinski definition) is 4. The van der Waals surface area contributed by atoms with Crippen molar-refractivity contribution >= 4 is 9.84 Å². The third kappa shape index (κ3) is 1.24. The van der Waals surface area contributed by atoms with E-state index < -0.39 is 9.84 Å². The minimum atomic E-state index is -2.91. The van der Waals surface area contributed by atoms with E-state index in [-0.39, 0.29) is 11.5 Å². The van der Waals surface area contributed by atoms with E-state index in [0.29, 0.717) is 18.0 Å². The van der Waals surface area contributed by atoms with Gasteiger partial charge in [-0.25, -0.2) is 13.4 Å². The van der Waals surface area contributed by atoms with Crippen LogP contribution in [0.4, 0.5) is 0 Å². The minimum Gasteiger partial charge on any atom is -0.446 e. The lowest BCUT2D eigenvalue weighted by molar-refractivity contribution is 0.475. The van der Waals surface area contributed by atoms with E-state index in [2.05, 4.69) is 4.98 Å². The molecule has 0 saturated heterocycles. The number of hydrogen-bond donors (Lipinski definition) is 0. The SMILES string of the molecule is Cc1nc2c(o1)CCS(=O)(=O)C2. The highest BCUT2D eigenvalue weighted by Gasteiger charge is 2.25. The van der Waals surface area contributed by atoms with Crippen LogP contribution in [0.5, 0.6) is 0 Å². The van der Waals surface area contributed by atoms with Gasteiger partial charge in [0.2, 0.25) is 0 Å². The summed E-state index contributed by atoms with van der Waals surface area (Å²) in [5.41, 5.74) is 0.596. The summed E-state index contributed by atoms with van der Waals surface area (Å²) in [6.45, 7) is 1.73. The lowest BCUT2D eigenvalue weighted by Gasteiger charge is -2.07. The van der Waals surface area contributed by atoms with E-state index in [1.54, 1.807) is 6.92 Å². The molecule has 66 valence electrons. The summed E-state index contributed by atoms with van der Waals surface area (Å²) < 4.78 is 27.5. The molecule has 4 nitrogen and oxygen atoms in total. The molecule has 1 aromatic heterocycles. The van der Waals surface area contributed by atoms with Gasteiger partial charge in [-0.2, -0.15) is 0 Å². The molecule has 2 heterocycles. The van der Waals surface area contributed by atoms with Crippen LogP contribution in [0.25, 0.3) is 0 Å². The molecule has 0 atom stereocenters. The average molecular weight is 187 g/mol. The lowest BCUT2D eigenvalue weighted by Crippen LogP contribution is -2.17. The number of nitrogens with zero attached hydrogens (tertiary/aromatic N) is 1. The number of oxazole rings is 1. The molecular formula is C7H9NO3S. The van der Waals surface area contributed by atoms with Gasteiger partial charge in [0, 0.05) is 13.3 Å². The van der Waals surface area contributed by atoms with Crippen molar-refractivity contribution in [2.24, 2.45) is 0 Å². The van der Waals surface area contributed by atoms with Crippen LogP contribution in [0.15, 0.2) is 4.42 Å². The molecule has 0 aromatic carbocycles. The van der Waals surface area contributed by atoms with Crippen LogP contribution < -0.4 is 0 Å². The highest BCUT2D eigenvalue weighted by atomic mass is 32.2. The molecule has 5 heteroatoms. The van der Waals surface area contributed by atoms with Crippen LogP contribution in [-0.4, -0.2) is 19.2 Å². The molecule has 0 unspecified atom stereocenters. The third-order valence-electron chi connectivity index (χ3n) is 1.88. The van der Waals surface area contributed by atoms with Gasteiger partial charge in [0.1, 0.15) is 5.76 Å². The number of aryl methyl sites for hydroxylation is 2. The molecule has 0 radical (unpaired) electrons. The van der Waals surface area contributed by atoms with Gasteiger partial charge >= 0.3 is 0 Å². The van der Waals surface area contributed by atoms with E-state index in [9.17, 15) is 8.42 Å². The Labute approximate surface area is 70.5 Å². The Balaban J connectivity index is 2.47. The Morgan fingerprint density at radius 3 is 3.00 bits per heavy atom. The van der Waals surface area contributed by atoms with Gasteiger partial charge in [0.05, 0.1) is 17.2 Å². The maximum Gasteiger partial charge on any atom is 0.191 e. The first kappa shape index (κ1) is 7.79. The topological polar surface area (TPSA) is 60.2 Å². The van der Waals surface area contributed by atoms with Crippen molar-refractivity contribution in [3.63, 3.8) is 0 Å². The highest BCUT2D eigenvalue weighted by Crippen LogP contribution is 2.20. The maximum atomic E-state index is 11.1. The van der Waals surface area contributed by atoms with Crippen LogP contribution in [0, 0.1) is 6.92 Å². The van der Waals surface area contributed by atoms with E-state index >= 15 is 0 Å². The van der Waals surface area contributed by atoms with Gasteiger partial charge in [-0.1, -0.05) is 0 Å². The van der Waals surface area contributed by atoms with Crippen LogP contribution >= 0.6 is 0 Å². The predicted octanol–water partition coefficient (Wildman–Crippen LogP) is 0.454. The second-order valence-electron chi connectivity index (χ2n) is 2.94. The Hall–Kier alpha value is -0.840. The summed E-state index contributed by atoms with van der Waals surface area (Å²) in [5.74, 6) is 1.52. The predicted molar refractivity (Wildman–Crippen MR) is 42.4 cm³/mol. The zero-order valence-electron chi connectivity index (χ0n) is 6.70. The molecule has 1 aliphatic heterocycles. The first-order valence-corrected chi connectivity index (χ1v) is 5.54. The molecule has 0 bridgehead atoms. The summed E-state index contributed by atoms with van der Waals surface area (Å²) in [5, 5.41) is 0. The van der Waals surface area contributed by atoms with E-state index in [1.165, 1.54) is 0 Å². The van der Waals surface area contributed by atoms with Gasteiger partial charge in [0.25, 0.3) is 0 Å². The number of aromatic nitrogens is 1. The molecule has 0 N–H and O–H groups in total. The van der Waals surface area contributed by atoms with Gasteiger partial charge < -0.3 is 4.42 Å². The van der Waals surface area contributed by atoms with Crippen molar-refractivity contribution < 1.29 is 12.8 Å². The largest absolute Gasteiger partial charge is 0.446 e. The summed E-state index contributed by atoms with van der Waals surface area (Å²) in [7, 11) is -2.91. The first-order chi connectivity index (χ1) is 5.57. The molecule has 0 saturated carbocycles. The van der Waals surface area contributed by atoms with Gasteiger partial charge in [-0.15, -0.1) is 0 Å². The summed E-state index contributed by atoms with van der Waals surface area (Å²) in [6, 6.07) is 0. The standard InChI is InChI=1S/C7H9NO3S/c1-5-8-6-4-12(9,10)3-2-7(6)11-5/h2-4H2,1H3. The van der Waals surface area contributed by atoms with Gasteiger partial charge in [0.15, 0.2) is 15.7 Å². The fraction of sp³-hybridized carbons (Fsp3) is 0.571. The van der Waals surface area contributed by atoms with Crippen molar-refractivity contribution in [3.05, 3.63) is 17.3 Å². The quantitative estimate of drug-likeness (QED) is 0.591. The molecular weight excluding hydrogens is 178 g/mol. The molecule has 1 aromatic rings. The van der Waals surface area contributed by atoms with Crippen molar-refractivity contribution in [1.82, 2.24) is 4.98 Å². The Kier molecular flexibility index (Phi) is 1.51. The number of sulfone groups is 1. The third-order valence-corrected chi connectivity index (χ3v) is 3.42. The molecule has 0 spiro atoms. The van der Waals surface area contributed by atoms with E-state index in [0.717, 1.165) is 5.76 Å². The fourth-order valence-corrected chi connectivity index (χ4v) is 2.63. The smallest absolute Gasteiger partial charge is 0.191 e. The molecule has 12 heavy (non-hydrogen) atoms. The molecule has 1 aliphatic rings. The summed E-state index contributed by atoms with van der Waals surface area (Å²) in [6.07, 6.45) is 0.471. The maximum absolute atomic E-state index is 11.1. The van der Waals surface area contributed by atoms with Crippen LogP contribution in [0.2, 0.25) is 0 Å². The second kappa shape index (κ2) is 2.32. The lowest BCUT2D eigenvalue weighted by atomic mass is 10.3. The van der Waals surface area contributed by atoms with Crippen molar-refractivity contribution in [2.75, 3.05) is 5.75 Å². The first-order valence-electron chi connectivity index (χ1n) is 3.72. The Morgan fingerprint density at radius 1 is 1.50 bits per heavy atom. The normalized spacial score (nSPS) is 20.4. The zero-order valence-corrected chi connectivity index (χ0v) is 7.52. The molecule has 2 rings (SSSR count).